The lowest BCUT2D eigenvalue weighted by molar-refractivity contribution is -0.118. The maximum Gasteiger partial charge on any atom is 0.255 e. The van der Waals surface area contributed by atoms with Gasteiger partial charge < -0.3 is 10.6 Å². The van der Waals surface area contributed by atoms with Crippen molar-refractivity contribution in [1.82, 2.24) is 4.90 Å². The average Bonchev–Trinajstić information content (AvgIpc) is 2.52. The molecule has 0 spiro atoms. The van der Waals surface area contributed by atoms with Gasteiger partial charge in [-0.2, -0.15) is 0 Å². The second-order valence-corrected chi connectivity index (χ2v) is 5.76. The van der Waals surface area contributed by atoms with Crippen molar-refractivity contribution in [3.8, 4) is 0 Å². The summed E-state index contributed by atoms with van der Waals surface area (Å²) >= 11 is 3.39. The minimum atomic E-state index is -0.419. The van der Waals surface area contributed by atoms with Crippen LogP contribution in [0.2, 0.25) is 0 Å². The molecule has 114 valence electrons. The fourth-order valence-electron chi connectivity index (χ4n) is 2.11. The van der Waals surface area contributed by atoms with Crippen LogP contribution < -0.4 is 5.73 Å². The van der Waals surface area contributed by atoms with E-state index in [0.717, 1.165) is 10.0 Å². The Bertz CT molecular complexity index is 659. The van der Waals surface area contributed by atoms with Crippen molar-refractivity contribution in [3.63, 3.8) is 0 Å². The van der Waals surface area contributed by atoms with Crippen LogP contribution in [-0.4, -0.2) is 23.3 Å². The standard InChI is InChI=1S/C17H17BrN2O2/c18-15-9-5-4-8-14(15)17(22)20(11-10-16(19)21)12-13-6-2-1-3-7-13/h1-9H,10-12H2,(H2,19,21). The average molecular weight is 361 g/mol. The summed E-state index contributed by atoms with van der Waals surface area (Å²) in [5.74, 6) is -0.546. The first kappa shape index (κ1) is 16.2. The Morgan fingerprint density at radius 1 is 1.00 bits per heavy atom. The SMILES string of the molecule is NC(=O)CCN(Cc1ccccc1)C(=O)c1ccccc1Br. The monoisotopic (exact) mass is 360 g/mol. The summed E-state index contributed by atoms with van der Waals surface area (Å²) in [4.78, 5) is 25.4. The Kier molecular flexibility index (Phi) is 5.72. The minimum Gasteiger partial charge on any atom is -0.370 e. The first-order chi connectivity index (χ1) is 10.6. The van der Waals surface area contributed by atoms with E-state index in [2.05, 4.69) is 15.9 Å². The molecule has 2 rings (SSSR count). The van der Waals surface area contributed by atoms with Crippen molar-refractivity contribution in [2.45, 2.75) is 13.0 Å². The van der Waals surface area contributed by atoms with Crippen LogP contribution in [0.4, 0.5) is 0 Å². The zero-order valence-electron chi connectivity index (χ0n) is 12.0. The van der Waals surface area contributed by atoms with E-state index in [1.54, 1.807) is 11.0 Å². The zero-order valence-corrected chi connectivity index (χ0v) is 13.6. The third-order valence-corrected chi connectivity index (χ3v) is 3.93. The van der Waals surface area contributed by atoms with E-state index in [1.807, 2.05) is 48.5 Å². The molecule has 2 aromatic carbocycles. The highest BCUT2D eigenvalue weighted by Crippen LogP contribution is 2.19. The smallest absolute Gasteiger partial charge is 0.255 e. The molecule has 0 unspecified atom stereocenters. The fourth-order valence-corrected chi connectivity index (χ4v) is 2.56. The summed E-state index contributed by atoms with van der Waals surface area (Å²) in [7, 11) is 0. The summed E-state index contributed by atoms with van der Waals surface area (Å²) < 4.78 is 0.733. The Balaban J connectivity index is 2.21. The van der Waals surface area contributed by atoms with E-state index in [4.69, 9.17) is 5.73 Å². The molecule has 2 aromatic rings. The van der Waals surface area contributed by atoms with Gasteiger partial charge in [-0.25, -0.2) is 0 Å². The highest BCUT2D eigenvalue weighted by Gasteiger charge is 2.18. The summed E-state index contributed by atoms with van der Waals surface area (Å²) in [6.07, 6.45) is 0.142. The van der Waals surface area contributed by atoms with E-state index in [-0.39, 0.29) is 12.3 Å². The molecule has 0 aromatic heterocycles. The van der Waals surface area contributed by atoms with E-state index < -0.39 is 5.91 Å². The number of hydrogen-bond acceptors (Lipinski definition) is 2. The largest absolute Gasteiger partial charge is 0.370 e. The van der Waals surface area contributed by atoms with Crippen molar-refractivity contribution in [2.24, 2.45) is 5.73 Å². The van der Waals surface area contributed by atoms with Crippen LogP contribution in [0.1, 0.15) is 22.3 Å². The van der Waals surface area contributed by atoms with Crippen molar-refractivity contribution in [3.05, 3.63) is 70.2 Å². The number of nitrogens with two attached hydrogens (primary N) is 1. The first-order valence-corrected chi connectivity index (χ1v) is 7.73. The van der Waals surface area contributed by atoms with Crippen molar-refractivity contribution in [2.75, 3.05) is 6.54 Å². The van der Waals surface area contributed by atoms with Gasteiger partial charge in [0.25, 0.3) is 5.91 Å². The molecule has 0 heterocycles. The number of amides is 2. The van der Waals surface area contributed by atoms with Gasteiger partial charge in [0, 0.05) is 24.0 Å². The van der Waals surface area contributed by atoms with Crippen LogP contribution in [0, 0.1) is 0 Å². The molecular weight excluding hydrogens is 344 g/mol. The number of primary amides is 1. The Hall–Kier alpha value is -2.14. The van der Waals surface area contributed by atoms with Gasteiger partial charge in [0.05, 0.1) is 5.56 Å². The quantitative estimate of drug-likeness (QED) is 0.860. The molecule has 0 aliphatic carbocycles. The second-order valence-electron chi connectivity index (χ2n) is 4.91. The highest BCUT2D eigenvalue weighted by atomic mass is 79.9. The van der Waals surface area contributed by atoms with Crippen molar-refractivity contribution >= 4 is 27.7 Å². The molecule has 0 radical (unpaired) electrons. The molecule has 0 saturated carbocycles. The Morgan fingerprint density at radius 2 is 1.64 bits per heavy atom. The van der Waals surface area contributed by atoms with Crippen LogP contribution >= 0.6 is 15.9 Å². The number of rotatable bonds is 6. The predicted molar refractivity (Wildman–Crippen MR) is 89.1 cm³/mol. The van der Waals surface area contributed by atoms with Gasteiger partial charge in [-0.1, -0.05) is 42.5 Å². The molecular formula is C17H17BrN2O2. The number of hydrogen-bond donors (Lipinski definition) is 1. The number of carbonyl (C=O) groups is 2. The van der Waals surface area contributed by atoms with E-state index >= 15 is 0 Å². The van der Waals surface area contributed by atoms with Gasteiger partial charge in [0.2, 0.25) is 5.91 Å². The number of halogens is 1. The lowest BCUT2D eigenvalue weighted by Gasteiger charge is -2.23. The Labute approximate surface area is 138 Å². The molecule has 2 N–H and O–H groups in total. The van der Waals surface area contributed by atoms with E-state index in [9.17, 15) is 9.59 Å². The highest BCUT2D eigenvalue weighted by molar-refractivity contribution is 9.10. The fraction of sp³-hybridized carbons (Fsp3) is 0.176. The zero-order chi connectivity index (χ0) is 15.9. The van der Waals surface area contributed by atoms with Crippen LogP contribution in [0.15, 0.2) is 59.1 Å². The number of benzene rings is 2. The van der Waals surface area contributed by atoms with Crippen LogP contribution in [0.5, 0.6) is 0 Å². The topological polar surface area (TPSA) is 63.4 Å². The molecule has 0 bridgehead atoms. The maximum atomic E-state index is 12.7. The van der Waals surface area contributed by atoms with E-state index in [0.29, 0.717) is 18.7 Å². The summed E-state index contributed by atoms with van der Waals surface area (Å²) in [5, 5.41) is 0. The molecule has 0 aliphatic rings. The molecule has 22 heavy (non-hydrogen) atoms. The third-order valence-electron chi connectivity index (χ3n) is 3.24. The Morgan fingerprint density at radius 3 is 2.27 bits per heavy atom. The molecule has 5 heteroatoms. The van der Waals surface area contributed by atoms with Gasteiger partial charge >= 0.3 is 0 Å². The lowest BCUT2D eigenvalue weighted by Crippen LogP contribution is -2.33. The lowest BCUT2D eigenvalue weighted by atomic mass is 10.1. The number of carbonyl (C=O) groups excluding carboxylic acids is 2. The molecule has 0 fully saturated rings. The van der Waals surface area contributed by atoms with Crippen molar-refractivity contribution in [1.29, 1.82) is 0 Å². The van der Waals surface area contributed by atoms with Gasteiger partial charge in [0.15, 0.2) is 0 Å². The summed E-state index contributed by atoms with van der Waals surface area (Å²) in [6.45, 7) is 0.735. The summed E-state index contributed by atoms with van der Waals surface area (Å²) in [5.41, 5.74) is 6.80. The molecule has 0 aliphatic heterocycles. The van der Waals surface area contributed by atoms with Gasteiger partial charge in [0.1, 0.15) is 0 Å². The molecule has 0 saturated heterocycles. The maximum absolute atomic E-state index is 12.7. The van der Waals surface area contributed by atoms with Gasteiger partial charge in [-0.05, 0) is 33.6 Å². The minimum absolute atomic E-state index is 0.127. The normalized spacial score (nSPS) is 10.2. The summed E-state index contributed by atoms with van der Waals surface area (Å²) in [6, 6.07) is 16.9. The molecule has 4 nitrogen and oxygen atoms in total. The van der Waals surface area contributed by atoms with Gasteiger partial charge in [-0.15, -0.1) is 0 Å². The second kappa shape index (κ2) is 7.75. The number of nitrogens with zero attached hydrogens (tertiary/aromatic N) is 1. The molecule has 2 amide bonds. The molecule has 0 atom stereocenters. The van der Waals surface area contributed by atoms with E-state index in [1.165, 1.54) is 0 Å². The first-order valence-electron chi connectivity index (χ1n) is 6.94. The van der Waals surface area contributed by atoms with Crippen molar-refractivity contribution < 1.29 is 9.59 Å². The third kappa shape index (κ3) is 4.43. The van der Waals surface area contributed by atoms with Crippen LogP contribution in [0.25, 0.3) is 0 Å². The van der Waals surface area contributed by atoms with Crippen LogP contribution in [-0.2, 0) is 11.3 Å². The van der Waals surface area contributed by atoms with Gasteiger partial charge in [-0.3, -0.25) is 9.59 Å². The van der Waals surface area contributed by atoms with Crippen LogP contribution in [0.3, 0.4) is 0 Å². The predicted octanol–water partition coefficient (Wildman–Crippen LogP) is 2.97.